The first kappa shape index (κ1) is 20.3. The molecule has 0 saturated heterocycles. The van der Waals surface area contributed by atoms with Gasteiger partial charge in [0.15, 0.2) is 5.96 Å². The number of benzene rings is 1. The molecule has 1 heterocycles. The molecule has 2 rings (SSSR count). The summed E-state index contributed by atoms with van der Waals surface area (Å²) in [6.45, 7) is 2.97. The Morgan fingerprint density at radius 2 is 1.92 bits per heavy atom. The van der Waals surface area contributed by atoms with Crippen molar-refractivity contribution >= 4 is 26.7 Å². The predicted octanol–water partition coefficient (Wildman–Crippen LogP) is 1.26. The highest BCUT2D eigenvalue weighted by Crippen LogP contribution is 2.15. The minimum atomic E-state index is -2.96. The number of aryl methyl sites for hydroxylation is 1. The van der Waals surface area contributed by atoms with Crippen molar-refractivity contribution in [3.05, 3.63) is 36.5 Å². The van der Waals surface area contributed by atoms with Gasteiger partial charge in [0.1, 0.15) is 9.84 Å². The van der Waals surface area contributed by atoms with Crippen molar-refractivity contribution < 1.29 is 13.2 Å². The molecule has 2 N–H and O–H groups in total. The topological polar surface area (TPSA) is 84.7 Å². The molecule has 1 aromatic carbocycles. The summed E-state index contributed by atoms with van der Waals surface area (Å²) in [5.74, 6) is 0.766. The van der Waals surface area contributed by atoms with Crippen LogP contribution in [0.15, 0.2) is 41.5 Å². The van der Waals surface area contributed by atoms with Gasteiger partial charge in [-0.3, -0.25) is 4.99 Å². The van der Waals surface area contributed by atoms with E-state index in [9.17, 15) is 8.42 Å². The van der Waals surface area contributed by atoms with Gasteiger partial charge in [-0.05, 0) is 23.9 Å². The van der Waals surface area contributed by atoms with E-state index in [1.54, 1.807) is 7.05 Å². The van der Waals surface area contributed by atoms with Gasteiger partial charge in [-0.25, -0.2) is 8.42 Å². The van der Waals surface area contributed by atoms with Crippen LogP contribution in [0.4, 0.5) is 0 Å². The zero-order valence-electron chi connectivity index (χ0n) is 15.4. The van der Waals surface area contributed by atoms with E-state index in [4.69, 9.17) is 4.74 Å². The third-order valence-corrected chi connectivity index (χ3v) is 4.82. The van der Waals surface area contributed by atoms with E-state index < -0.39 is 9.84 Å². The standard InChI is InChI=1S/C18H28N4O3S/c1-19-18(21-10-13-25-14-15-26(2,23)24)20-9-5-11-22-12-8-16-6-3-4-7-17(16)22/h3-4,6-8,12H,5,9-11,13-15H2,1-2H3,(H2,19,20,21). The summed E-state index contributed by atoms with van der Waals surface area (Å²) in [6, 6.07) is 10.5. The number of hydrogen-bond acceptors (Lipinski definition) is 4. The SMILES string of the molecule is CN=C(NCCCn1ccc2ccccc21)NCCOCCS(C)(=O)=O. The fraction of sp³-hybridized carbons (Fsp3) is 0.500. The van der Waals surface area contributed by atoms with Crippen molar-refractivity contribution in [1.82, 2.24) is 15.2 Å². The Hall–Kier alpha value is -2.06. The summed E-state index contributed by atoms with van der Waals surface area (Å²) in [6.07, 6.45) is 4.30. The van der Waals surface area contributed by atoms with Crippen molar-refractivity contribution in [2.24, 2.45) is 4.99 Å². The highest BCUT2D eigenvalue weighted by molar-refractivity contribution is 7.90. The lowest BCUT2D eigenvalue weighted by molar-refractivity contribution is 0.154. The maximum absolute atomic E-state index is 11.0. The summed E-state index contributed by atoms with van der Waals surface area (Å²) >= 11 is 0. The monoisotopic (exact) mass is 380 g/mol. The van der Waals surface area contributed by atoms with Crippen LogP contribution in [0.3, 0.4) is 0 Å². The van der Waals surface area contributed by atoms with E-state index in [1.807, 2.05) is 0 Å². The average Bonchev–Trinajstić information content (AvgIpc) is 3.02. The minimum Gasteiger partial charge on any atom is -0.379 e. The molecule has 0 amide bonds. The second kappa shape index (κ2) is 10.2. The fourth-order valence-corrected chi connectivity index (χ4v) is 2.99. The maximum Gasteiger partial charge on any atom is 0.191 e. The van der Waals surface area contributed by atoms with Crippen LogP contribution < -0.4 is 10.6 Å². The Kier molecular flexibility index (Phi) is 7.93. The first-order valence-electron chi connectivity index (χ1n) is 8.73. The molecule has 0 atom stereocenters. The number of para-hydroxylation sites is 1. The van der Waals surface area contributed by atoms with Crippen molar-refractivity contribution in [3.8, 4) is 0 Å². The highest BCUT2D eigenvalue weighted by Gasteiger charge is 2.02. The molecule has 0 fully saturated rings. The van der Waals surface area contributed by atoms with E-state index in [0.717, 1.165) is 19.5 Å². The normalized spacial score (nSPS) is 12.5. The van der Waals surface area contributed by atoms with Crippen LogP contribution in [0.1, 0.15) is 6.42 Å². The van der Waals surface area contributed by atoms with Crippen molar-refractivity contribution in [2.75, 3.05) is 45.4 Å². The molecular formula is C18H28N4O3S. The van der Waals surface area contributed by atoms with E-state index in [-0.39, 0.29) is 12.4 Å². The largest absolute Gasteiger partial charge is 0.379 e. The fourth-order valence-electron chi connectivity index (χ4n) is 2.57. The number of nitrogens with one attached hydrogen (secondary N) is 2. The molecule has 2 aromatic rings. The van der Waals surface area contributed by atoms with Gasteiger partial charge in [-0.15, -0.1) is 0 Å². The number of sulfone groups is 1. The smallest absolute Gasteiger partial charge is 0.191 e. The predicted molar refractivity (Wildman–Crippen MR) is 106 cm³/mol. The second-order valence-electron chi connectivity index (χ2n) is 6.09. The maximum atomic E-state index is 11.0. The van der Waals surface area contributed by atoms with Crippen LogP contribution >= 0.6 is 0 Å². The summed E-state index contributed by atoms with van der Waals surface area (Å²) < 4.78 is 29.5. The van der Waals surface area contributed by atoms with E-state index in [0.29, 0.717) is 19.1 Å². The van der Waals surface area contributed by atoms with Gasteiger partial charge >= 0.3 is 0 Å². The van der Waals surface area contributed by atoms with Crippen LogP contribution in [0.2, 0.25) is 0 Å². The first-order valence-corrected chi connectivity index (χ1v) is 10.8. The van der Waals surface area contributed by atoms with Crippen LogP contribution in [-0.2, 0) is 21.1 Å². The van der Waals surface area contributed by atoms with Gasteiger partial charge < -0.3 is 19.9 Å². The summed E-state index contributed by atoms with van der Waals surface area (Å²) in [4.78, 5) is 4.17. The highest BCUT2D eigenvalue weighted by atomic mass is 32.2. The van der Waals surface area contributed by atoms with Crippen LogP contribution in [0.5, 0.6) is 0 Å². The molecule has 1 aromatic heterocycles. The molecule has 7 nitrogen and oxygen atoms in total. The van der Waals surface area contributed by atoms with Gasteiger partial charge in [0.05, 0.1) is 19.0 Å². The zero-order valence-corrected chi connectivity index (χ0v) is 16.3. The number of rotatable bonds is 10. The van der Waals surface area contributed by atoms with Crippen molar-refractivity contribution in [3.63, 3.8) is 0 Å². The molecule has 0 spiro atoms. The molecule has 0 aliphatic rings. The van der Waals surface area contributed by atoms with Crippen LogP contribution in [-0.4, -0.2) is 64.3 Å². The number of aromatic nitrogens is 1. The molecular weight excluding hydrogens is 352 g/mol. The van der Waals surface area contributed by atoms with Crippen LogP contribution in [0.25, 0.3) is 10.9 Å². The van der Waals surface area contributed by atoms with E-state index >= 15 is 0 Å². The molecule has 0 bridgehead atoms. The minimum absolute atomic E-state index is 0.0497. The molecule has 144 valence electrons. The third kappa shape index (κ3) is 7.05. The second-order valence-corrected chi connectivity index (χ2v) is 8.35. The molecule has 8 heteroatoms. The van der Waals surface area contributed by atoms with E-state index in [1.165, 1.54) is 17.2 Å². The Morgan fingerprint density at radius 1 is 1.15 bits per heavy atom. The van der Waals surface area contributed by atoms with Gasteiger partial charge in [-0.2, -0.15) is 0 Å². The summed E-state index contributed by atoms with van der Waals surface area (Å²) in [5.41, 5.74) is 1.25. The Morgan fingerprint density at radius 3 is 2.69 bits per heavy atom. The molecule has 0 radical (unpaired) electrons. The van der Waals surface area contributed by atoms with Gasteiger partial charge in [-0.1, -0.05) is 18.2 Å². The summed E-state index contributed by atoms with van der Waals surface area (Å²) in [7, 11) is -1.24. The van der Waals surface area contributed by atoms with E-state index in [2.05, 4.69) is 56.7 Å². The van der Waals surface area contributed by atoms with Crippen molar-refractivity contribution in [2.45, 2.75) is 13.0 Å². The Balaban J connectivity index is 1.60. The number of ether oxygens (including phenoxy) is 1. The molecule has 0 aliphatic heterocycles. The van der Waals surface area contributed by atoms with Crippen LogP contribution in [0, 0.1) is 0 Å². The lowest BCUT2D eigenvalue weighted by Crippen LogP contribution is -2.39. The number of nitrogens with zero attached hydrogens (tertiary/aromatic N) is 2. The van der Waals surface area contributed by atoms with Crippen molar-refractivity contribution in [1.29, 1.82) is 0 Å². The lowest BCUT2D eigenvalue weighted by Gasteiger charge is -2.12. The number of aliphatic imine (C=N–C) groups is 1. The van der Waals surface area contributed by atoms with Gasteiger partial charge in [0.2, 0.25) is 0 Å². The lowest BCUT2D eigenvalue weighted by atomic mass is 10.2. The molecule has 26 heavy (non-hydrogen) atoms. The molecule has 0 saturated carbocycles. The van der Waals surface area contributed by atoms with Gasteiger partial charge in [0.25, 0.3) is 0 Å². The quantitative estimate of drug-likeness (QED) is 0.368. The third-order valence-electron chi connectivity index (χ3n) is 3.91. The molecule has 0 unspecified atom stereocenters. The Bertz CT molecular complexity index is 815. The number of guanidine groups is 1. The molecule has 0 aliphatic carbocycles. The first-order chi connectivity index (χ1) is 12.5. The summed E-state index contributed by atoms with van der Waals surface area (Å²) in [5, 5.41) is 7.68. The zero-order chi connectivity index (χ0) is 18.8. The average molecular weight is 381 g/mol. The number of fused-ring (bicyclic) bond motifs is 1. The number of hydrogen-bond donors (Lipinski definition) is 2. The Labute approximate surface area is 155 Å². The van der Waals surface area contributed by atoms with Gasteiger partial charge in [0, 0.05) is 44.7 Å².